The van der Waals surface area contributed by atoms with E-state index in [-0.39, 0.29) is 65.3 Å². The number of pyridine rings is 1. The Morgan fingerprint density at radius 3 is 2.29 bits per heavy atom. The Morgan fingerprint density at radius 2 is 1.62 bits per heavy atom. The molecule has 0 aliphatic carbocycles. The van der Waals surface area contributed by atoms with Crippen molar-refractivity contribution in [2.75, 3.05) is 33.3 Å². The summed E-state index contributed by atoms with van der Waals surface area (Å²) in [6, 6.07) is 19.7. The number of rotatable bonds is 12. The van der Waals surface area contributed by atoms with E-state index in [1.165, 1.54) is 78.7 Å². The van der Waals surface area contributed by atoms with Crippen LogP contribution in [-0.2, 0) is 34.5 Å². The van der Waals surface area contributed by atoms with Crippen molar-refractivity contribution in [3.63, 3.8) is 0 Å². The third-order valence-electron chi connectivity index (χ3n) is 8.66. The Morgan fingerprint density at radius 1 is 0.942 bits per heavy atom. The summed E-state index contributed by atoms with van der Waals surface area (Å²) in [7, 11) is 1.35. The number of thioether (sulfide) groups is 1. The van der Waals surface area contributed by atoms with Crippen molar-refractivity contribution in [3.8, 4) is 11.1 Å². The zero-order valence-corrected chi connectivity index (χ0v) is 28.7. The van der Waals surface area contributed by atoms with E-state index in [1.54, 1.807) is 6.07 Å². The summed E-state index contributed by atoms with van der Waals surface area (Å²) < 4.78 is 129. The largest absolute Gasteiger partial charge is 0.416 e. The summed E-state index contributed by atoms with van der Waals surface area (Å²) in [6.45, 7) is -7.89. The highest BCUT2D eigenvalue weighted by Gasteiger charge is 2.31. The summed E-state index contributed by atoms with van der Waals surface area (Å²) >= 11 is 0.786. The molecule has 0 atom stereocenters. The minimum Gasteiger partial charge on any atom is -0.383 e. The zero-order chi connectivity index (χ0) is 42.2. The molecule has 272 valence electrons. The van der Waals surface area contributed by atoms with E-state index in [0.29, 0.717) is 11.1 Å². The number of nitrogens with zero attached hydrogens (tertiary/aromatic N) is 3. The monoisotopic (exact) mass is 741 g/mol. The Labute approximate surface area is 311 Å². The maximum Gasteiger partial charge on any atom is 0.416 e. The van der Waals surface area contributed by atoms with Gasteiger partial charge in [0, 0.05) is 64.7 Å². The van der Waals surface area contributed by atoms with Gasteiger partial charge in [-0.15, -0.1) is 11.8 Å². The molecule has 0 radical (unpaired) electrons. The average Bonchev–Trinajstić information content (AvgIpc) is 3.18. The Balaban J connectivity index is 1.42. The summed E-state index contributed by atoms with van der Waals surface area (Å²) in [5.41, 5.74) is -0.684. The van der Waals surface area contributed by atoms with E-state index in [2.05, 4.69) is 0 Å². The predicted molar refractivity (Wildman–Crippen MR) is 193 cm³/mol. The first-order valence-corrected chi connectivity index (χ1v) is 17.3. The molecule has 12 heteroatoms. The Hall–Kier alpha value is -4.52. The third-order valence-corrected chi connectivity index (χ3v) is 9.71. The standard InChI is InChI=1S/C40H38F5N3O3S/c1-51-22-21-46-19-17-32(18-20-46)47(24-27-9-11-28(12-10-27)29-13-15-31(16-14-29)40(43,44)45)37(50)25-48-35-8-3-2-6-33(35)36(49)23-38(48)52-26-30-5-4-7-34(41)39(30)42/h2-16,23,32H,17-22,24-26H2,1H3/i21D2,24D2,25D2. The van der Waals surface area contributed by atoms with Gasteiger partial charge in [-0.2, -0.15) is 13.2 Å². The number of alkyl halides is 3. The van der Waals surface area contributed by atoms with Gasteiger partial charge in [-0.05, 0) is 59.9 Å². The lowest BCUT2D eigenvalue weighted by Gasteiger charge is -2.39. The van der Waals surface area contributed by atoms with E-state index in [4.69, 9.17) is 7.48 Å². The zero-order valence-electron chi connectivity index (χ0n) is 33.9. The number of methoxy groups -OCH3 is 1. The van der Waals surface area contributed by atoms with Crippen LogP contribution in [-0.4, -0.2) is 59.6 Å². The molecule has 5 aromatic rings. The quantitative estimate of drug-likeness (QED) is 0.0951. The number of carbonyl (C=O) groups excluding carboxylic acids is 1. The molecule has 1 fully saturated rings. The van der Waals surface area contributed by atoms with E-state index in [1.807, 2.05) is 0 Å². The number of aromatic nitrogens is 1. The van der Waals surface area contributed by atoms with Crippen molar-refractivity contribution in [1.82, 2.24) is 14.4 Å². The van der Waals surface area contributed by atoms with Crippen LogP contribution < -0.4 is 5.43 Å². The molecule has 0 spiro atoms. The van der Waals surface area contributed by atoms with Crippen LogP contribution in [0.1, 0.15) is 37.8 Å². The van der Waals surface area contributed by atoms with E-state index >= 15 is 4.79 Å². The number of carbonyl (C=O) groups is 1. The van der Waals surface area contributed by atoms with Gasteiger partial charge in [0.05, 0.1) is 28.2 Å². The van der Waals surface area contributed by atoms with Gasteiger partial charge in [-0.25, -0.2) is 8.78 Å². The molecular weight excluding hydrogens is 698 g/mol. The first kappa shape index (κ1) is 30.0. The van der Waals surface area contributed by atoms with E-state index < -0.39 is 60.2 Å². The van der Waals surface area contributed by atoms with Crippen LogP contribution in [0.2, 0.25) is 0 Å². The second-order valence-electron chi connectivity index (χ2n) is 12.1. The highest BCUT2D eigenvalue weighted by molar-refractivity contribution is 7.98. The SMILES string of the molecule is [2H]C([2H])(COC)N1CCC(N(C(=O)C([2H])([2H])n2c(SCc3cccc(F)c3F)cc(=O)c3ccccc32)C([2H])([2H])c2ccc(-c3ccc(C(F)(F)F)cc3)cc2)CC1. The molecule has 1 aliphatic heterocycles. The molecule has 6 nitrogen and oxygen atoms in total. The molecule has 0 unspecified atom stereocenters. The molecule has 0 N–H and O–H groups in total. The number of amides is 1. The highest BCUT2D eigenvalue weighted by Crippen LogP contribution is 2.32. The third kappa shape index (κ3) is 8.74. The number of hydrogen-bond acceptors (Lipinski definition) is 5. The van der Waals surface area contributed by atoms with Crippen molar-refractivity contribution in [1.29, 1.82) is 0 Å². The molecule has 0 bridgehead atoms. The number of halogens is 5. The van der Waals surface area contributed by atoms with Crippen LogP contribution in [0.15, 0.2) is 107 Å². The van der Waals surface area contributed by atoms with Crippen LogP contribution in [0, 0.1) is 11.6 Å². The lowest BCUT2D eigenvalue weighted by molar-refractivity contribution is -0.137. The fourth-order valence-corrected chi connectivity index (χ4v) is 6.90. The smallest absolute Gasteiger partial charge is 0.383 e. The van der Waals surface area contributed by atoms with Gasteiger partial charge in [0.15, 0.2) is 17.1 Å². The molecule has 6 rings (SSSR count). The van der Waals surface area contributed by atoms with E-state index in [0.717, 1.165) is 45.5 Å². The van der Waals surface area contributed by atoms with Crippen LogP contribution >= 0.6 is 11.8 Å². The van der Waals surface area contributed by atoms with Crippen LogP contribution in [0.4, 0.5) is 22.0 Å². The summed E-state index contributed by atoms with van der Waals surface area (Å²) in [5.74, 6) is -3.83. The minimum absolute atomic E-state index is 0.0143. The molecule has 2 heterocycles. The number of para-hydroxylation sites is 1. The normalized spacial score (nSPS) is 16.7. The molecular formula is C40H38F5N3O3S. The van der Waals surface area contributed by atoms with E-state index in [9.17, 15) is 32.2 Å². The Kier molecular flexibility index (Phi) is 9.48. The fourth-order valence-electron chi connectivity index (χ4n) is 5.91. The second-order valence-corrected chi connectivity index (χ2v) is 13.1. The van der Waals surface area contributed by atoms with Gasteiger partial charge >= 0.3 is 6.18 Å². The molecule has 52 heavy (non-hydrogen) atoms. The van der Waals surface area contributed by atoms with Gasteiger partial charge in [0.25, 0.3) is 0 Å². The number of likely N-dealkylation sites (tertiary alicyclic amines) is 1. The van der Waals surface area contributed by atoms with Crippen molar-refractivity contribution in [2.24, 2.45) is 0 Å². The molecule has 1 aliphatic rings. The maximum atomic E-state index is 15.0. The second kappa shape index (κ2) is 16.4. The molecule has 4 aromatic carbocycles. The fraction of sp³-hybridized carbons (Fsp3) is 0.300. The van der Waals surface area contributed by atoms with Crippen molar-refractivity contribution in [3.05, 3.63) is 136 Å². The maximum absolute atomic E-state index is 15.0. The van der Waals surface area contributed by atoms with Gasteiger partial charge in [-0.3, -0.25) is 9.59 Å². The first-order valence-electron chi connectivity index (χ1n) is 19.3. The van der Waals surface area contributed by atoms with Crippen molar-refractivity contribution in [2.45, 2.75) is 48.8 Å². The molecule has 1 amide bonds. The lowest BCUT2D eigenvalue weighted by atomic mass is 10.00. The number of piperidine rings is 1. The number of ether oxygens (including phenoxy) is 1. The number of fused-ring (bicyclic) bond motifs is 1. The summed E-state index contributed by atoms with van der Waals surface area (Å²) in [4.78, 5) is 30.6. The average molecular weight is 742 g/mol. The summed E-state index contributed by atoms with van der Waals surface area (Å²) in [5, 5.41) is -0.0720. The van der Waals surface area contributed by atoms with Crippen LogP contribution in [0.3, 0.4) is 0 Å². The van der Waals surface area contributed by atoms with Gasteiger partial charge < -0.3 is 19.1 Å². The number of benzene rings is 4. The van der Waals surface area contributed by atoms with Crippen LogP contribution in [0.25, 0.3) is 22.0 Å². The topological polar surface area (TPSA) is 54.8 Å². The minimum atomic E-state index is -4.54. The highest BCUT2D eigenvalue weighted by atomic mass is 32.2. The number of hydrogen-bond donors (Lipinski definition) is 0. The van der Waals surface area contributed by atoms with Gasteiger partial charge in [0.2, 0.25) is 5.91 Å². The predicted octanol–water partition coefficient (Wildman–Crippen LogP) is 8.40. The Bertz CT molecular complexity index is 2340. The van der Waals surface area contributed by atoms with Gasteiger partial charge in [0.1, 0.15) is 6.50 Å². The van der Waals surface area contributed by atoms with Crippen LogP contribution in [0.5, 0.6) is 0 Å². The van der Waals surface area contributed by atoms with Crippen molar-refractivity contribution < 1.29 is 39.7 Å². The van der Waals surface area contributed by atoms with Gasteiger partial charge in [-0.1, -0.05) is 60.7 Å². The first-order chi connectivity index (χ1) is 27.3. The molecule has 1 saturated heterocycles. The summed E-state index contributed by atoms with van der Waals surface area (Å²) in [6.07, 6.45) is -4.48. The lowest BCUT2D eigenvalue weighted by Crippen LogP contribution is -2.48. The molecule has 0 saturated carbocycles. The molecule has 1 aromatic heterocycles. The van der Waals surface area contributed by atoms with Crippen molar-refractivity contribution >= 4 is 28.6 Å².